The lowest BCUT2D eigenvalue weighted by atomic mass is 10.3. The van der Waals surface area contributed by atoms with E-state index in [9.17, 15) is 8.42 Å². The SMILES string of the molecule is COc1cc(NS(=O)(=O)c2ccc(SC)cc2)c(OC)cc1Cl. The second kappa shape index (κ2) is 7.33. The average molecular weight is 374 g/mol. The Morgan fingerprint density at radius 2 is 1.65 bits per heavy atom. The second-order valence-electron chi connectivity index (χ2n) is 4.47. The van der Waals surface area contributed by atoms with Crippen LogP contribution in [-0.2, 0) is 10.0 Å². The summed E-state index contributed by atoms with van der Waals surface area (Å²) in [6, 6.07) is 9.57. The third kappa shape index (κ3) is 4.04. The van der Waals surface area contributed by atoms with Crippen LogP contribution in [0.3, 0.4) is 0 Å². The summed E-state index contributed by atoms with van der Waals surface area (Å²) >= 11 is 7.56. The number of hydrogen-bond acceptors (Lipinski definition) is 5. The van der Waals surface area contributed by atoms with E-state index in [1.54, 1.807) is 24.3 Å². The van der Waals surface area contributed by atoms with Gasteiger partial charge < -0.3 is 9.47 Å². The summed E-state index contributed by atoms with van der Waals surface area (Å²) in [5.74, 6) is 0.656. The normalized spacial score (nSPS) is 11.1. The Balaban J connectivity index is 2.39. The first-order chi connectivity index (χ1) is 10.9. The molecule has 0 saturated carbocycles. The van der Waals surface area contributed by atoms with Gasteiger partial charge in [0, 0.05) is 17.0 Å². The van der Waals surface area contributed by atoms with Crippen LogP contribution in [-0.4, -0.2) is 28.9 Å². The van der Waals surface area contributed by atoms with Gasteiger partial charge >= 0.3 is 0 Å². The zero-order valence-electron chi connectivity index (χ0n) is 12.8. The molecule has 0 aliphatic heterocycles. The van der Waals surface area contributed by atoms with Crippen LogP contribution in [0, 0.1) is 0 Å². The van der Waals surface area contributed by atoms with E-state index < -0.39 is 10.0 Å². The van der Waals surface area contributed by atoms with Crippen LogP contribution < -0.4 is 14.2 Å². The molecule has 0 saturated heterocycles. The van der Waals surface area contributed by atoms with Crippen molar-refractivity contribution in [3.05, 3.63) is 41.4 Å². The molecule has 124 valence electrons. The largest absolute Gasteiger partial charge is 0.495 e. The van der Waals surface area contributed by atoms with Crippen molar-refractivity contribution in [1.29, 1.82) is 0 Å². The van der Waals surface area contributed by atoms with E-state index in [4.69, 9.17) is 21.1 Å². The molecule has 5 nitrogen and oxygen atoms in total. The molecule has 1 N–H and O–H groups in total. The van der Waals surface area contributed by atoms with Gasteiger partial charge in [-0.25, -0.2) is 8.42 Å². The van der Waals surface area contributed by atoms with Gasteiger partial charge in [0.15, 0.2) is 0 Å². The molecule has 23 heavy (non-hydrogen) atoms. The van der Waals surface area contributed by atoms with E-state index in [-0.39, 0.29) is 10.6 Å². The van der Waals surface area contributed by atoms with Crippen molar-refractivity contribution in [3.8, 4) is 11.5 Å². The summed E-state index contributed by atoms with van der Waals surface area (Å²) in [5.41, 5.74) is 0.252. The summed E-state index contributed by atoms with van der Waals surface area (Å²) in [6.45, 7) is 0. The first kappa shape index (κ1) is 17.8. The summed E-state index contributed by atoms with van der Waals surface area (Å²) in [7, 11) is -0.861. The summed E-state index contributed by atoms with van der Waals surface area (Å²) < 4.78 is 37.8. The minimum Gasteiger partial charge on any atom is -0.495 e. The highest BCUT2D eigenvalue weighted by atomic mass is 35.5. The van der Waals surface area contributed by atoms with E-state index in [0.717, 1.165) is 4.90 Å². The van der Waals surface area contributed by atoms with Crippen molar-refractivity contribution in [1.82, 2.24) is 0 Å². The Labute approximate surface area is 145 Å². The molecule has 0 fully saturated rings. The maximum absolute atomic E-state index is 12.5. The fourth-order valence-electron chi connectivity index (χ4n) is 1.90. The number of ether oxygens (including phenoxy) is 2. The quantitative estimate of drug-likeness (QED) is 0.778. The predicted octanol–water partition coefficient (Wildman–Crippen LogP) is 3.88. The van der Waals surface area contributed by atoms with Crippen LogP contribution in [0.5, 0.6) is 11.5 Å². The third-order valence-electron chi connectivity index (χ3n) is 3.09. The van der Waals surface area contributed by atoms with Gasteiger partial charge in [-0.3, -0.25) is 4.72 Å². The van der Waals surface area contributed by atoms with Crippen molar-refractivity contribution >= 4 is 39.1 Å². The van der Waals surface area contributed by atoms with E-state index in [1.165, 1.54) is 38.1 Å². The number of nitrogens with one attached hydrogen (secondary N) is 1. The van der Waals surface area contributed by atoms with Crippen LogP contribution in [0.15, 0.2) is 46.2 Å². The average Bonchev–Trinajstić information content (AvgIpc) is 2.55. The number of thioether (sulfide) groups is 1. The lowest BCUT2D eigenvalue weighted by Gasteiger charge is -2.14. The molecular formula is C15H16ClNO4S2. The highest BCUT2D eigenvalue weighted by molar-refractivity contribution is 7.98. The molecule has 0 aliphatic rings. The van der Waals surface area contributed by atoms with Crippen LogP contribution in [0.25, 0.3) is 0 Å². The Morgan fingerprint density at radius 3 is 2.17 bits per heavy atom. The Kier molecular flexibility index (Phi) is 5.67. The summed E-state index contributed by atoms with van der Waals surface area (Å²) in [6.07, 6.45) is 1.92. The van der Waals surface area contributed by atoms with E-state index >= 15 is 0 Å². The topological polar surface area (TPSA) is 64.6 Å². The van der Waals surface area contributed by atoms with Gasteiger partial charge in [0.25, 0.3) is 10.0 Å². The fraction of sp³-hybridized carbons (Fsp3) is 0.200. The zero-order valence-corrected chi connectivity index (χ0v) is 15.2. The molecule has 0 amide bonds. The van der Waals surface area contributed by atoms with Gasteiger partial charge in [-0.15, -0.1) is 11.8 Å². The van der Waals surface area contributed by atoms with Crippen molar-refractivity contribution in [2.75, 3.05) is 25.2 Å². The lowest BCUT2D eigenvalue weighted by molar-refractivity contribution is 0.405. The molecule has 0 spiro atoms. The Hall–Kier alpha value is -1.57. The molecular weight excluding hydrogens is 358 g/mol. The van der Waals surface area contributed by atoms with Gasteiger partial charge in [-0.1, -0.05) is 11.6 Å². The molecule has 0 aromatic heterocycles. The highest BCUT2D eigenvalue weighted by Gasteiger charge is 2.18. The van der Waals surface area contributed by atoms with Crippen molar-refractivity contribution in [3.63, 3.8) is 0 Å². The van der Waals surface area contributed by atoms with Gasteiger partial charge in [0.2, 0.25) is 0 Å². The molecule has 2 aromatic rings. The number of methoxy groups -OCH3 is 2. The third-order valence-corrected chi connectivity index (χ3v) is 5.51. The van der Waals surface area contributed by atoms with Crippen LogP contribution >= 0.6 is 23.4 Å². The lowest BCUT2D eigenvalue weighted by Crippen LogP contribution is -2.13. The number of sulfonamides is 1. The first-order valence-corrected chi connectivity index (χ1v) is 9.58. The molecule has 2 rings (SSSR count). The zero-order chi connectivity index (χ0) is 17.0. The predicted molar refractivity (Wildman–Crippen MR) is 93.6 cm³/mol. The molecule has 0 unspecified atom stereocenters. The van der Waals surface area contributed by atoms with Crippen LogP contribution in [0.1, 0.15) is 0 Å². The van der Waals surface area contributed by atoms with Gasteiger partial charge in [0.1, 0.15) is 11.5 Å². The number of anilines is 1. The number of benzene rings is 2. The van der Waals surface area contributed by atoms with Gasteiger partial charge in [-0.2, -0.15) is 0 Å². The van der Waals surface area contributed by atoms with E-state index in [0.29, 0.717) is 16.5 Å². The van der Waals surface area contributed by atoms with Crippen LogP contribution in [0.2, 0.25) is 5.02 Å². The minimum atomic E-state index is -3.75. The van der Waals surface area contributed by atoms with Crippen LogP contribution in [0.4, 0.5) is 5.69 Å². The standard InChI is InChI=1S/C15H16ClNO4S2/c1-20-14-9-13(15(21-2)8-12(14)16)17-23(18,19)11-6-4-10(22-3)5-7-11/h4-9,17H,1-3H3. The number of rotatable bonds is 6. The van der Waals surface area contributed by atoms with Gasteiger partial charge in [-0.05, 0) is 30.5 Å². The molecule has 8 heteroatoms. The molecule has 0 heterocycles. The van der Waals surface area contributed by atoms with Crippen molar-refractivity contribution < 1.29 is 17.9 Å². The molecule has 0 atom stereocenters. The van der Waals surface area contributed by atoms with E-state index in [1.807, 2.05) is 6.26 Å². The van der Waals surface area contributed by atoms with Gasteiger partial charge in [0.05, 0.1) is 29.8 Å². The first-order valence-electron chi connectivity index (χ1n) is 6.49. The number of hydrogen-bond donors (Lipinski definition) is 1. The highest BCUT2D eigenvalue weighted by Crippen LogP contribution is 2.37. The maximum atomic E-state index is 12.5. The Bertz CT molecular complexity index is 792. The van der Waals surface area contributed by atoms with E-state index in [2.05, 4.69) is 4.72 Å². The minimum absolute atomic E-state index is 0.159. The summed E-state index contributed by atoms with van der Waals surface area (Å²) in [5, 5.41) is 0.330. The second-order valence-corrected chi connectivity index (χ2v) is 7.44. The molecule has 0 bridgehead atoms. The number of halogens is 1. The Morgan fingerprint density at radius 1 is 1.04 bits per heavy atom. The van der Waals surface area contributed by atoms with Crippen molar-refractivity contribution in [2.24, 2.45) is 0 Å². The summed E-state index contributed by atoms with van der Waals surface area (Å²) in [4.78, 5) is 1.14. The fourth-order valence-corrected chi connectivity index (χ4v) is 3.60. The smallest absolute Gasteiger partial charge is 0.262 e. The molecule has 0 aliphatic carbocycles. The molecule has 0 radical (unpaired) electrons. The van der Waals surface area contributed by atoms with Crippen molar-refractivity contribution in [2.45, 2.75) is 9.79 Å². The molecule has 2 aromatic carbocycles. The monoisotopic (exact) mass is 373 g/mol. The maximum Gasteiger partial charge on any atom is 0.262 e.